The van der Waals surface area contributed by atoms with Gasteiger partial charge in [0.15, 0.2) is 12.4 Å². The number of benzene rings is 2. The monoisotopic (exact) mass is 406 g/mol. The molecule has 0 N–H and O–H groups in total. The van der Waals surface area contributed by atoms with Crippen molar-refractivity contribution in [1.82, 2.24) is 0 Å². The largest absolute Gasteiger partial charge is 0.485 e. The standard InChI is InChI=1S/C24H22O6/c1-14(2)28-23(25)13-27-18-8-9-19-21(12-18)30-22(24(19)26)11-17-10-16-6-4-5-7-20(16)29-15(17)3/h4-12,14-15H,13H2,1-3H3/b22-11-. The molecule has 30 heavy (non-hydrogen) atoms. The van der Waals surface area contributed by atoms with Crippen LogP contribution in [-0.2, 0) is 9.53 Å². The first-order valence-corrected chi connectivity index (χ1v) is 9.78. The molecule has 0 saturated carbocycles. The molecule has 0 spiro atoms. The predicted molar refractivity (Wildman–Crippen MR) is 111 cm³/mol. The lowest BCUT2D eigenvalue weighted by Crippen LogP contribution is -2.18. The van der Waals surface area contributed by atoms with Crippen molar-refractivity contribution in [3.05, 3.63) is 71.0 Å². The molecule has 0 aliphatic carbocycles. The van der Waals surface area contributed by atoms with E-state index in [4.69, 9.17) is 18.9 Å². The van der Waals surface area contributed by atoms with Gasteiger partial charge < -0.3 is 18.9 Å². The molecule has 1 atom stereocenters. The number of allylic oxidation sites excluding steroid dienone is 1. The van der Waals surface area contributed by atoms with E-state index in [0.717, 1.165) is 16.9 Å². The van der Waals surface area contributed by atoms with Crippen molar-refractivity contribution in [3.63, 3.8) is 0 Å². The van der Waals surface area contributed by atoms with Crippen LogP contribution in [0.5, 0.6) is 17.2 Å². The van der Waals surface area contributed by atoms with Crippen LogP contribution < -0.4 is 14.2 Å². The van der Waals surface area contributed by atoms with E-state index >= 15 is 0 Å². The highest BCUT2D eigenvalue weighted by atomic mass is 16.6. The van der Waals surface area contributed by atoms with Crippen LogP contribution in [0.3, 0.4) is 0 Å². The molecule has 2 heterocycles. The molecular weight excluding hydrogens is 384 g/mol. The summed E-state index contributed by atoms with van der Waals surface area (Å²) in [5, 5.41) is 0. The van der Waals surface area contributed by atoms with Gasteiger partial charge in [-0.1, -0.05) is 18.2 Å². The van der Waals surface area contributed by atoms with Crippen molar-refractivity contribution in [2.24, 2.45) is 0 Å². The average Bonchev–Trinajstić information content (AvgIpc) is 3.01. The lowest BCUT2D eigenvalue weighted by Gasteiger charge is -2.22. The fourth-order valence-electron chi connectivity index (χ4n) is 3.27. The Morgan fingerprint density at radius 1 is 1.17 bits per heavy atom. The van der Waals surface area contributed by atoms with Gasteiger partial charge in [-0.2, -0.15) is 0 Å². The van der Waals surface area contributed by atoms with Gasteiger partial charge in [-0.25, -0.2) is 4.79 Å². The first-order valence-electron chi connectivity index (χ1n) is 9.78. The Labute approximate surface area is 174 Å². The lowest BCUT2D eigenvalue weighted by molar-refractivity contribution is -0.149. The van der Waals surface area contributed by atoms with Crippen LogP contribution in [-0.4, -0.2) is 30.6 Å². The van der Waals surface area contributed by atoms with Gasteiger partial charge in [-0.05, 0) is 56.7 Å². The van der Waals surface area contributed by atoms with Gasteiger partial charge in [0.2, 0.25) is 5.78 Å². The third kappa shape index (κ3) is 4.08. The molecule has 2 aliphatic heterocycles. The molecule has 4 rings (SSSR count). The first-order chi connectivity index (χ1) is 14.4. The molecule has 0 fully saturated rings. The maximum Gasteiger partial charge on any atom is 0.344 e. The Bertz CT molecular complexity index is 1060. The Hall–Kier alpha value is -3.54. The normalized spacial score (nSPS) is 18.3. The van der Waals surface area contributed by atoms with E-state index in [1.165, 1.54) is 0 Å². The number of hydrogen-bond acceptors (Lipinski definition) is 6. The molecule has 1 unspecified atom stereocenters. The number of esters is 1. The van der Waals surface area contributed by atoms with Crippen molar-refractivity contribution in [1.29, 1.82) is 0 Å². The highest BCUT2D eigenvalue weighted by Crippen LogP contribution is 2.36. The third-order valence-corrected chi connectivity index (χ3v) is 4.68. The number of carbonyl (C=O) groups excluding carboxylic acids is 2. The summed E-state index contributed by atoms with van der Waals surface area (Å²) in [6.45, 7) is 5.25. The molecule has 0 bridgehead atoms. The molecule has 0 radical (unpaired) electrons. The lowest BCUT2D eigenvalue weighted by atomic mass is 10.0. The zero-order valence-corrected chi connectivity index (χ0v) is 17.0. The molecule has 154 valence electrons. The second-order valence-corrected chi connectivity index (χ2v) is 7.37. The summed E-state index contributed by atoms with van der Waals surface area (Å²) in [6, 6.07) is 12.6. The zero-order valence-electron chi connectivity index (χ0n) is 17.0. The van der Waals surface area contributed by atoms with Crippen molar-refractivity contribution < 1.29 is 28.5 Å². The molecule has 2 aliphatic rings. The van der Waals surface area contributed by atoms with Crippen molar-refractivity contribution in [2.45, 2.75) is 33.0 Å². The quantitative estimate of drug-likeness (QED) is 0.543. The van der Waals surface area contributed by atoms with Crippen LogP contribution in [0, 0.1) is 0 Å². The SMILES string of the molecule is CC(C)OC(=O)COc1ccc2c(c1)O/C(=C\C1=Cc3ccccc3OC1C)C2=O. The highest BCUT2D eigenvalue weighted by Gasteiger charge is 2.29. The minimum Gasteiger partial charge on any atom is -0.485 e. The van der Waals surface area contributed by atoms with E-state index in [-0.39, 0.29) is 30.4 Å². The summed E-state index contributed by atoms with van der Waals surface area (Å²) in [6.07, 6.45) is 3.29. The Balaban J connectivity index is 1.51. The van der Waals surface area contributed by atoms with Crippen LogP contribution in [0.2, 0.25) is 0 Å². The van der Waals surface area contributed by atoms with Crippen LogP contribution in [0.15, 0.2) is 59.9 Å². The zero-order chi connectivity index (χ0) is 21.3. The van der Waals surface area contributed by atoms with Crippen LogP contribution in [0.4, 0.5) is 0 Å². The summed E-state index contributed by atoms with van der Waals surface area (Å²) in [4.78, 5) is 24.4. The Kier molecular flexibility index (Phi) is 5.31. The first kappa shape index (κ1) is 19.8. The van der Waals surface area contributed by atoms with Crippen LogP contribution >= 0.6 is 0 Å². The number of ketones is 1. The second-order valence-electron chi connectivity index (χ2n) is 7.37. The number of rotatable bonds is 5. The molecule has 6 nitrogen and oxygen atoms in total. The fraction of sp³-hybridized carbons (Fsp3) is 0.250. The van der Waals surface area contributed by atoms with Crippen molar-refractivity contribution in [3.8, 4) is 17.2 Å². The number of hydrogen-bond donors (Lipinski definition) is 0. The van der Waals surface area contributed by atoms with Gasteiger partial charge in [-0.15, -0.1) is 0 Å². The number of fused-ring (bicyclic) bond motifs is 2. The van der Waals surface area contributed by atoms with Gasteiger partial charge in [0.05, 0.1) is 11.7 Å². The number of carbonyl (C=O) groups is 2. The Morgan fingerprint density at radius 3 is 2.77 bits per heavy atom. The van der Waals surface area contributed by atoms with Gasteiger partial charge in [0, 0.05) is 11.6 Å². The minimum absolute atomic E-state index is 0.206. The average molecular weight is 406 g/mol. The molecule has 2 aromatic rings. The molecule has 6 heteroatoms. The van der Waals surface area contributed by atoms with Gasteiger partial charge in [-0.3, -0.25) is 4.79 Å². The number of ether oxygens (including phenoxy) is 4. The predicted octanol–water partition coefficient (Wildman–Crippen LogP) is 4.34. The smallest absolute Gasteiger partial charge is 0.344 e. The summed E-state index contributed by atoms with van der Waals surface area (Å²) < 4.78 is 22.2. The molecule has 2 aromatic carbocycles. The van der Waals surface area contributed by atoms with Crippen molar-refractivity contribution in [2.75, 3.05) is 6.61 Å². The maximum absolute atomic E-state index is 12.7. The van der Waals surface area contributed by atoms with Crippen LogP contribution in [0.1, 0.15) is 36.7 Å². The Morgan fingerprint density at radius 2 is 1.97 bits per heavy atom. The second kappa shape index (κ2) is 8.06. The van der Waals surface area contributed by atoms with Gasteiger partial charge in [0.1, 0.15) is 23.4 Å². The fourth-order valence-corrected chi connectivity index (χ4v) is 3.27. The summed E-state index contributed by atoms with van der Waals surface area (Å²) >= 11 is 0. The molecular formula is C24H22O6. The summed E-state index contributed by atoms with van der Waals surface area (Å²) in [5.41, 5.74) is 2.25. The summed E-state index contributed by atoms with van der Waals surface area (Å²) in [7, 11) is 0. The van der Waals surface area contributed by atoms with E-state index in [2.05, 4.69) is 0 Å². The summed E-state index contributed by atoms with van der Waals surface area (Å²) in [5.74, 6) is 1.19. The van der Waals surface area contributed by atoms with E-state index < -0.39 is 5.97 Å². The maximum atomic E-state index is 12.7. The third-order valence-electron chi connectivity index (χ3n) is 4.68. The number of para-hydroxylation sites is 1. The van der Waals surface area contributed by atoms with E-state index in [0.29, 0.717) is 17.1 Å². The highest BCUT2D eigenvalue weighted by molar-refractivity contribution is 6.12. The molecule has 0 amide bonds. The van der Waals surface area contributed by atoms with E-state index in [9.17, 15) is 9.59 Å². The number of Topliss-reactive ketones (excluding diaryl/α,β-unsaturated/α-hetero) is 1. The van der Waals surface area contributed by atoms with E-state index in [1.807, 2.05) is 37.3 Å². The minimum atomic E-state index is -0.457. The molecule has 0 aromatic heterocycles. The van der Waals surface area contributed by atoms with Crippen LogP contribution in [0.25, 0.3) is 6.08 Å². The van der Waals surface area contributed by atoms with Gasteiger partial charge in [0.25, 0.3) is 0 Å². The van der Waals surface area contributed by atoms with E-state index in [1.54, 1.807) is 38.1 Å². The van der Waals surface area contributed by atoms with Crippen molar-refractivity contribution >= 4 is 17.8 Å². The molecule has 0 saturated heterocycles. The van der Waals surface area contributed by atoms with Gasteiger partial charge >= 0.3 is 5.97 Å². The topological polar surface area (TPSA) is 71.1 Å².